The third-order valence-corrected chi connectivity index (χ3v) is 3.81. The van der Waals surface area contributed by atoms with Crippen LogP contribution in [0.1, 0.15) is 0 Å². The van der Waals surface area contributed by atoms with Crippen LogP contribution in [0.5, 0.6) is 0 Å². The van der Waals surface area contributed by atoms with Crippen molar-refractivity contribution in [1.82, 2.24) is 4.31 Å². The van der Waals surface area contributed by atoms with Crippen LogP contribution in [0.3, 0.4) is 0 Å². The maximum atomic E-state index is 11.9. The van der Waals surface area contributed by atoms with Crippen LogP contribution < -0.4 is 0 Å². The number of carboxylic acids is 1. The summed E-state index contributed by atoms with van der Waals surface area (Å²) in [6, 6.07) is 6.19. The molecule has 0 saturated heterocycles. The number of rotatable bonds is 2. The number of benzene rings is 1. The maximum Gasteiger partial charge on any atom is 0.324 e. The minimum absolute atomic E-state index is 0.0266. The van der Waals surface area contributed by atoms with Crippen molar-refractivity contribution in [1.29, 1.82) is 0 Å². The average Bonchev–Trinajstić information content (AvgIpc) is 2.22. The lowest BCUT2D eigenvalue weighted by Gasteiger charge is -2.22. The molecule has 1 N–H and O–H groups in total. The molecule has 1 aromatic carbocycles. The lowest BCUT2D eigenvalue weighted by Crippen LogP contribution is -2.36. The van der Waals surface area contributed by atoms with E-state index in [1.807, 2.05) is 0 Å². The van der Waals surface area contributed by atoms with Crippen molar-refractivity contribution in [2.75, 3.05) is 6.54 Å². The molecule has 0 fully saturated rings. The maximum absolute atomic E-state index is 11.9. The molecule has 7 heteroatoms. The summed E-state index contributed by atoms with van der Waals surface area (Å²) in [7, 11) is -3.77. The van der Waals surface area contributed by atoms with Gasteiger partial charge in [0, 0.05) is 0 Å². The molecular formula is C9H8N2O4S. The van der Waals surface area contributed by atoms with Crippen molar-refractivity contribution >= 4 is 28.0 Å². The van der Waals surface area contributed by atoms with Crippen LogP contribution in [0.4, 0.5) is 5.69 Å². The van der Waals surface area contributed by atoms with Gasteiger partial charge in [-0.05, 0) is 12.1 Å². The van der Waals surface area contributed by atoms with E-state index in [9.17, 15) is 13.2 Å². The quantitative estimate of drug-likeness (QED) is 0.812. The second-order valence-corrected chi connectivity index (χ2v) is 5.02. The Morgan fingerprint density at radius 2 is 2.06 bits per heavy atom. The SMILES string of the molecule is O=C(O)CN1C=Nc2ccccc2S1(=O)=O. The molecule has 0 saturated carbocycles. The number of fused-ring (bicyclic) bond motifs is 1. The molecule has 16 heavy (non-hydrogen) atoms. The van der Waals surface area contributed by atoms with Crippen molar-refractivity contribution in [3.05, 3.63) is 24.3 Å². The van der Waals surface area contributed by atoms with Gasteiger partial charge in [0.05, 0.1) is 5.69 Å². The number of carbonyl (C=O) groups is 1. The average molecular weight is 240 g/mol. The van der Waals surface area contributed by atoms with Gasteiger partial charge in [-0.15, -0.1) is 0 Å². The standard InChI is InChI=1S/C9H8N2O4S/c12-9(13)5-11-6-10-7-3-1-2-4-8(7)16(11,14)15/h1-4,6H,5H2,(H,12,13). The van der Waals surface area contributed by atoms with Gasteiger partial charge in [-0.2, -0.15) is 0 Å². The molecule has 0 aliphatic carbocycles. The first-order valence-corrected chi connectivity index (χ1v) is 5.82. The molecule has 1 aromatic rings. The van der Waals surface area contributed by atoms with E-state index in [-0.39, 0.29) is 4.90 Å². The largest absolute Gasteiger partial charge is 0.480 e. The van der Waals surface area contributed by atoms with E-state index in [2.05, 4.69) is 4.99 Å². The summed E-state index contributed by atoms with van der Waals surface area (Å²) in [6.45, 7) is -0.625. The minimum atomic E-state index is -3.77. The normalized spacial score (nSPS) is 16.9. The predicted molar refractivity (Wildman–Crippen MR) is 56.1 cm³/mol. The van der Waals surface area contributed by atoms with Gasteiger partial charge in [-0.25, -0.2) is 17.7 Å². The molecule has 84 valence electrons. The van der Waals surface area contributed by atoms with Crippen LogP contribution in [0.25, 0.3) is 0 Å². The lowest BCUT2D eigenvalue weighted by atomic mass is 10.3. The van der Waals surface area contributed by atoms with Crippen molar-refractivity contribution in [2.45, 2.75) is 4.90 Å². The summed E-state index contributed by atoms with van der Waals surface area (Å²) in [6.07, 6.45) is 1.02. The Labute approximate surface area is 91.9 Å². The molecule has 0 aromatic heterocycles. The molecule has 0 radical (unpaired) electrons. The fourth-order valence-electron chi connectivity index (χ4n) is 1.36. The minimum Gasteiger partial charge on any atom is -0.480 e. The number of para-hydroxylation sites is 1. The van der Waals surface area contributed by atoms with Gasteiger partial charge >= 0.3 is 5.97 Å². The fourth-order valence-corrected chi connectivity index (χ4v) is 2.70. The molecule has 0 atom stereocenters. The van der Waals surface area contributed by atoms with Gasteiger partial charge in [-0.3, -0.25) is 4.79 Å². The van der Waals surface area contributed by atoms with E-state index in [1.165, 1.54) is 6.07 Å². The topological polar surface area (TPSA) is 87.0 Å². The van der Waals surface area contributed by atoms with E-state index in [0.717, 1.165) is 6.34 Å². The zero-order valence-corrected chi connectivity index (χ0v) is 8.88. The molecule has 6 nitrogen and oxygen atoms in total. The summed E-state index contributed by atoms with van der Waals surface area (Å²) in [5.74, 6) is -1.23. The Morgan fingerprint density at radius 3 is 2.75 bits per heavy atom. The van der Waals surface area contributed by atoms with Crippen LogP contribution in [0, 0.1) is 0 Å². The molecule has 0 bridgehead atoms. The van der Waals surface area contributed by atoms with Crippen molar-refractivity contribution in [2.24, 2.45) is 4.99 Å². The summed E-state index contributed by atoms with van der Waals surface area (Å²) >= 11 is 0. The fraction of sp³-hybridized carbons (Fsp3) is 0.111. The number of hydrogen-bond acceptors (Lipinski definition) is 4. The zero-order chi connectivity index (χ0) is 11.8. The Morgan fingerprint density at radius 1 is 1.38 bits per heavy atom. The van der Waals surface area contributed by atoms with Crippen LogP contribution in [-0.4, -0.2) is 36.7 Å². The summed E-state index contributed by atoms with van der Waals surface area (Å²) in [5, 5.41) is 8.58. The molecule has 1 aliphatic heterocycles. The number of nitrogens with zero attached hydrogens (tertiary/aromatic N) is 2. The van der Waals surface area contributed by atoms with Crippen LogP contribution >= 0.6 is 0 Å². The third kappa shape index (κ3) is 1.65. The second-order valence-electron chi connectivity index (χ2n) is 3.16. The first kappa shape index (κ1) is 10.6. The van der Waals surface area contributed by atoms with Crippen LogP contribution in [0.2, 0.25) is 0 Å². The molecule has 1 heterocycles. The van der Waals surface area contributed by atoms with Gasteiger partial charge in [0.25, 0.3) is 10.0 Å². The van der Waals surface area contributed by atoms with Crippen LogP contribution in [-0.2, 0) is 14.8 Å². The number of aliphatic carboxylic acids is 1. The van der Waals surface area contributed by atoms with Gasteiger partial charge in [0.15, 0.2) is 0 Å². The number of carboxylic acid groups (broad SMARTS) is 1. The van der Waals surface area contributed by atoms with E-state index < -0.39 is 22.5 Å². The monoisotopic (exact) mass is 240 g/mol. The van der Waals surface area contributed by atoms with Gasteiger partial charge in [-0.1, -0.05) is 12.1 Å². The number of hydrogen-bond donors (Lipinski definition) is 1. The summed E-state index contributed by atoms with van der Waals surface area (Å²) in [4.78, 5) is 14.4. The van der Waals surface area contributed by atoms with Gasteiger partial charge in [0.1, 0.15) is 17.8 Å². The molecule has 0 amide bonds. The highest BCUT2D eigenvalue weighted by molar-refractivity contribution is 7.89. The van der Waals surface area contributed by atoms with Crippen molar-refractivity contribution in [3.63, 3.8) is 0 Å². The number of sulfonamides is 1. The van der Waals surface area contributed by atoms with E-state index in [4.69, 9.17) is 5.11 Å². The molecule has 1 aliphatic rings. The molecule has 0 spiro atoms. The Balaban J connectivity index is 2.50. The smallest absolute Gasteiger partial charge is 0.324 e. The van der Waals surface area contributed by atoms with Crippen molar-refractivity contribution in [3.8, 4) is 0 Å². The summed E-state index contributed by atoms with van der Waals surface area (Å²) in [5.41, 5.74) is 0.323. The van der Waals surface area contributed by atoms with E-state index in [1.54, 1.807) is 18.2 Å². The molecule has 2 rings (SSSR count). The van der Waals surface area contributed by atoms with Crippen LogP contribution in [0.15, 0.2) is 34.2 Å². The van der Waals surface area contributed by atoms with E-state index in [0.29, 0.717) is 9.99 Å². The highest BCUT2D eigenvalue weighted by atomic mass is 32.2. The Kier molecular flexibility index (Phi) is 2.39. The molecule has 0 unspecified atom stereocenters. The van der Waals surface area contributed by atoms with Crippen molar-refractivity contribution < 1.29 is 18.3 Å². The zero-order valence-electron chi connectivity index (χ0n) is 8.07. The first-order chi connectivity index (χ1) is 7.51. The highest BCUT2D eigenvalue weighted by Crippen LogP contribution is 2.29. The summed E-state index contributed by atoms with van der Waals surface area (Å²) < 4.78 is 24.5. The predicted octanol–water partition coefficient (Wildman–Crippen LogP) is 0.435. The lowest BCUT2D eigenvalue weighted by molar-refractivity contribution is -0.136. The molecular weight excluding hydrogens is 232 g/mol. The Bertz CT molecular complexity index is 565. The number of aliphatic imine (C=N–C) groups is 1. The highest BCUT2D eigenvalue weighted by Gasteiger charge is 2.29. The van der Waals surface area contributed by atoms with Gasteiger partial charge < -0.3 is 5.11 Å². The van der Waals surface area contributed by atoms with Gasteiger partial charge in [0.2, 0.25) is 0 Å². The third-order valence-electron chi connectivity index (χ3n) is 2.07. The Hall–Kier alpha value is -1.89. The van der Waals surface area contributed by atoms with E-state index >= 15 is 0 Å². The second kappa shape index (κ2) is 3.60. The first-order valence-electron chi connectivity index (χ1n) is 4.38.